The third-order valence-corrected chi connectivity index (χ3v) is 5.32. The van der Waals surface area contributed by atoms with Crippen molar-refractivity contribution in [1.29, 1.82) is 0 Å². The van der Waals surface area contributed by atoms with Crippen molar-refractivity contribution in [3.05, 3.63) is 78.6 Å². The number of H-pyrrole nitrogens is 2. The molecule has 0 bridgehead atoms. The van der Waals surface area contributed by atoms with Gasteiger partial charge in [-0.3, -0.25) is 4.79 Å². The van der Waals surface area contributed by atoms with Crippen LogP contribution in [-0.2, 0) is 13.2 Å². The van der Waals surface area contributed by atoms with Crippen molar-refractivity contribution in [2.24, 2.45) is 7.05 Å². The van der Waals surface area contributed by atoms with Gasteiger partial charge >= 0.3 is 6.18 Å². The van der Waals surface area contributed by atoms with Gasteiger partial charge in [0.1, 0.15) is 0 Å². The molecule has 2 aromatic heterocycles. The summed E-state index contributed by atoms with van der Waals surface area (Å²) in [4.78, 5) is 19.5. The van der Waals surface area contributed by atoms with Crippen molar-refractivity contribution in [3.8, 4) is 10.6 Å². The molecule has 4 heterocycles. The van der Waals surface area contributed by atoms with Gasteiger partial charge in [-0.2, -0.15) is 13.2 Å². The van der Waals surface area contributed by atoms with E-state index in [2.05, 4.69) is 16.5 Å². The number of nitrogens with one attached hydrogen (secondary N) is 2. The number of hydrogen-bond donors (Lipinski definition) is 2. The lowest BCUT2D eigenvalue weighted by Gasteiger charge is -2.00. The lowest BCUT2D eigenvalue weighted by Crippen LogP contribution is -2.23. The smallest absolute Gasteiger partial charge is 0.354 e. The van der Waals surface area contributed by atoms with Crippen LogP contribution in [-0.4, -0.2) is 14.5 Å². The summed E-state index contributed by atoms with van der Waals surface area (Å²) in [5, 5.41) is 2.46. The van der Waals surface area contributed by atoms with Gasteiger partial charge in [-0.25, -0.2) is 0 Å². The molecule has 0 aliphatic carbocycles. The van der Waals surface area contributed by atoms with E-state index in [1.54, 1.807) is 37.4 Å². The molecule has 138 valence electrons. The third kappa shape index (κ3) is 3.12. The number of alkyl halides is 3. The Hall–Kier alpha value is -3.00. The molecule has 4 nitrogen and oxygen atoms in total. The highest BCUT2D eigenvalue weighted by Gasteiger charge is 2.32. The van der Waals surface area contributed by atoms with Crippen LogP contribution in [0.25, 0.3) is 23.2 Å². The van der Waals surface area contributed by atoms with Gasteiger partial charge in [0.15, 0.2) is 0 Å². The number of aromatic nitrogens is 3. The van der Waals surface area contributed by atoms with E-state index in [1.165, 1.54) is 15.9 Å². The zero-order chi connectivity index (χ0) is 19.3. The first kappa shape index (κ1) is 17.4. The third-order valence-electron chi connectivity index (χ3n) is 4.27. The highest BCUT2D eigenvalue weighted by molar-refractivity contribution is 7.16. The van der Waals surface area contributed by atoms with E-state index in [0.29, 0.717) is 31.8 Å². The van der Waals surface area contributed by atoms with Crippen LogP contribution < -0.4 is 16.1 Å². The molecule has 4 rings (SSSR count). The summed E-state index contributed by atoms with van der Waals surface area (Å²) in [6, 6.07) is 8.20. The molecule has 2 aromatic rings. The summed E-state index contributed by atoms with van der Waals surface area (Å²) < 4.78 is 40.2. The van der Waals surface area contributed by atoms with Gasteiger partial charge in [-0.1, -0.05) is 6.58 Å². The molecule has 27 heavy (non-hydrogen) atoms. The number of aryl methyl sites for hydroxylation is 1. The zero-order valence-corrected chi connectivity index (χ0v) is 15.0. The Morgan fingerprint density at radius 1 is 1.19 bits per heavy atom. The topological polar surface area (TPSA) is 53.6 Å². The largest absolute Gasteiger partial charge is 0.417 e. The van der Waals surface area contributed by atoms with Crippen LogP contribution in [0, 0.1) is 10.7 Å². The van der Waals surface area contributed by atoms with Gasteiger partial charge in [0.2, 0.25) is 0 Å². The Balaban J connectivity index is 1.82. The minimum atomic E-state index is -4.38. The lowest BCUT2D eigenvalue weighted by molar-refractivity contribution is -0.137. The minimum Gasteiger partial charge on any atom is -0.354 e. The average molecular weight is 389 g/mol. The van der Waals surface area contributed by atoms with Crippen LogP contribution in [0.1, 0.15) is 10.4 Å². The van der Waals surface area contributed by atoms with Gasteiger partial charge in [0.05, 0.1) is 32.1 Å². The average Bonchev–Trinajstić information content (AvgIpc) is 3.26. The maximum Gasteiger partial charge on any atom is 0.417 e. The zero-order valence-electron chi connectivity index (χ0n) is 14.1. The Labute approximate surface area is 154 Å². The normalized spacial score (nSPS) is 13.0. The molecule has 0 unspecified atom stereocenters. The van der Waals surface area contributed by atoms with Crippen LogP contribution in [0.15, 0.2) is 41.3 Å². The summed E-state index contributed by atoms with van der Waals surface area (Å²) in [7, 11) is 1.58. The van der Waals surface area contributed by atoms with Crippen molar-refractivity contribution in [2.75, 3.05) is 0 Å². The highest BCUT2D eigenvalue weighted by Crippen LogP contribution is 2.35. The van der Waals surface area contributed by atoms with Gasteiger partial charge in [0.25, 0.3) is 5.56 Å². The summed E-state index contributed by atoms with van der Waals surface area (Å²) in [5.41, 5.74) is -0.449. The summed E-state index contributed by atoms with van der Waals surface area (Å²) in [5.74, 6) is 0. The lowest BCUT2D eigenvalue weighted by atomic mass is 10.2. The van der Waals surface area contributed by atoms with Crippen LogP contribution in [0.2, 0.25) is 0 Å². The van der Waals surface area contributed by atoms with Gasteiger partial charge < -0.3 is 14.5 Å². The first-order valence-corrected chi connectivity index (χ1v) is 8.79. The Bertz CT molecular complexity index is 1370. The van der Waals surface area contributed by atoms with Gasteiger partial charge in [-0.15, -0.1) is 11.3 Å². The predicted molar refractivity (Wildman–Crippen MR) is 98.8 cm³/mol. The van der Waals surface area contributed by atoms with Crippen molar-refractivity contribution in [2.45, 2.75) is 6.18 Å². The Morgan fingerprint density at radius 2 is 1.96 bits per heavy atom. The molecule has 0 spiro atoms. The standard InChI is InChI=1S/C19H14F3N3OS/c1-10-3-5-14-17(23-10)13(18(26)24-14)8-12-4-6-16(27-12)15-7-11(9-25(15)2)19(20,21)22/h3-9,23H,1H2,2H3,(H,24,26). The monoisotopic (exact) mass is 389 g/mol. The second-order valence-electron chi connectivity index (χ2n) is 6.21. The van der Waals surface area contributed by atoms with Crippen molar-refractivity contribution >= 4 is 24.0 Å². The van der Waals surface area contributed by atoms with Crippen molar-refractivity contribution < 1.29 is 13.2 Å². The van der Waals surface area contributed by atoms with E-state index >= 15 is 0 Å². The molecule has 0 amide bonds. The van der Waals surface area contributed by atoms with Crippen molar-refractivity contribution in [1.82, 2.24) is 14.5 Å². The van der Waals surface area contributed by atoms with Gasteiger partial charge in [0, 0.05) is 23.5 Å². The highest BCUT2D eigenvalue weighted by atomic mass is 32.1. The predicted octanol–water partition coefficient (Wildman–Crippen LogP) is 2.75. The maximum absolute atomic E-state index is 12.9. The quantitative estimate of drug-likeness (QED) is 0.544. The molecule has 0 saturated carbocycles. The number of nitrogens with zero attached hydrogens (tertiary/aromatic N) is 1. The van der Waals surface area contributed by atoms with E-state index < -0.39 is 11.7 Å². The fourth-order valence-corrected chi connectivity index (χ4v) is 3.98. The molecular formula is C19H14F3N3OS. The molecule has 0 fully saturated rings. The number of halogens is 3. The van der Waals surface area contributed by atoms with E-state index in [9.17, 15) is 18.0 Å². The van der Waals surface area contributed by atoms with Crippen LogP contribution in [0.4, 0.5) is 13.2 Å². The summed E-state index contributed by atoms with van der Waals surface area (Å²) in [6.07, 6.45) is -1.59. The van der Waals surface area contributed by atoms with Crippen LogP contribution in [0.5, 0.6) is 0 Å². The number of hydrogen-bond acceptors (Lipinski definition) is 2. The molecule has 0 atom stereocenters. The van der Waals surface area contributed by atoms with E-state index in [-0.39, 0.29) is 5.56 Å². The van der Waals surface area contributed by atoms with Crippen molar-refractivity contribution in [3.63, 3.8) is 0 Å². The Morgan fingerprint density at radius 3 is 2.67 bits per heavy atom. The van der Waals surface area contributed by atoms with Crippen LogP contribution >= 0.6 is 11.3 Å². The number of rotatable bonds is 2. The van der Waals surface area contributed by atoms with E-state index in [1.807, 2.05) is 0 Å². The molecule has 0 saturated heterocycles. The summed E-state index contributed by atoms with van der Waals surface area (Å²) in [6.45, 7) is 3.83. The molecule has 0 aromatic carbocycles. The molecule has 2 aliphatic heterocycles. The van der Waals surface area contributed by atoms with E-state index in [4.69, 9.17) is 0 Å². The van der Waals surface area contributed by atoms with Gasteiger partial charge in [-0.05, 0) is 36.4 Å². The van der Waals surface area contributed by atoms with Crippen LogP contribution in [0.3, 0.4) is 0 Å². The second kappa shape index (κ2) is 6.02. The Kier molecular flexibility index (Phi) is 3.88. The first-order chi connectivity index (χ1) is 12.7. The number of thiophene rings is 1. The molecule has 2 N–H and O–H groups in total. The summed E-state index contributed by atoms with van der Waals surface area (Å²) >= 11 is 1.32. The molecule has 0 radical (unpaired) electrons. The minimum absolute atomic E-state index is 0.236. The first-order valence-electron chi connectivity index (χ1n) is 7.98. The fourth-order valence-electron chi connectivity index (χ4n) is 2.97. The fraction of sp³-hybridized carbons (Fsp3) is 0.105. The van der Waals surface area contributed by atoms with E-state index in [0.717, 1.165) is 17.1 Å². The SMILES string of the molecule is C=c1ccc2[nH]c(=O)c(=Cc3ccc(-c4cc(C(F)(F)F)cn4C)s3)c=2[nH]1. The maximum atomic E-state index is 12.9. The second-order valence-corrected chi connectivity index (χ2v) is 7.32. The number of aromatic amines is 2. The molecule has 8 heteroatoms. The molecular weight excluding hydrogens is 375 g/mol. The molecule has 2 aliphatic rings.